The molecule has 1 aliphatic rings. The average Bonchev–Trinajstić information content (AvgIpc) is 2.27. The summed E-state index contributed by atoms with van der Waals surface area (Å²) in [7, 11) is 1.41. The van der Waals surface area contributed by atoms with Gasteiger partial charge in [-0.15, -0.1) is 0 Å². The molecule has 5 nitrogen and oxygen atoms in total. The van der Waals surface area contributed by atoms with Gasteiger partial charge < -0.3 is 19.3 Å². The lowest BCUT2D eigenvalue weighted by molar-refractivity contribution is 0.0692. The topological polar surface area (TPSA) is 65.0 Å². The molecule has 0 fully saturated rings. The van der Waals surface area contributed by atoms with Gasteiger partial charge in [-0.25, -0.2) is 4.79 Å². The molecule has 0 saturated heterocycles. The highest BCUT2D eigenvalue weighted by Crippen LogP contribution is 2.36. The van der Waals surface area contributed by atoms with Gasteiger partial charge in [0.25, 0.3) is 0 Å². The molecule has 80 valence electrons. The fourth-order valence-electron chi connectivity index (χ4n) is 1.41. The van der Waals surface area contributed by atoms with Crippen molar-refractivity contribution in [3.8, 4) is 17.2 Å². The van der Waals surface area contributed by atoms with Crippen molar-refractivity contribution in [2.24, 2.45) is 0 Å². The Bertz CT molecular complexity index is 399. The second-order valence-electron chi connectivity index (χ2n) is 3.00. The van der Waals surface area contributed by atoms with Crippen LogP contribution in [0.5, 0.6) is 17.2 Å². The van der Waals surface area contributed by atoms with E-state index in [9.17, 15) is 4.79 Å². The Balaban J connectivity index is 2.51. The van der Waals surface area contributed by atoms with Crippen LogP contribution in [0.25, 0.3) is 0 Å². The molecular formula is C10H10O5. The predicted molar refractivity (Wildman–Crippen MR) is 50.9 cm³/mol. The summed E-state index contributed by atoms with van der Waals surface area (Å²) in [6.45, 7) is 0.890. The first kappa shape index (κ1) is 9.64. The van der Waals surface area contributed by atoms with E-state index in [-0.39, 0.29) is 11.3 Å². The Morgan fingerprint density at radius 3 is 2.47 bits per heavy atom. The molecule has 0 saturated carbocycles. The van der Waals surface area contributed by atoms with Crippen molar-refractivity contribution in [2.45, 2.75) is 0 Å². The van der Waals surface area contributed by atoms with Crippen molar-refractivity contribution < 1.29 is 24.1 Å². The monoisotopic (exact) mass is 210 g/mol. The molecule has 0 atom stereocenters. The second-order valence-corrected chi connectivity index (χ2v) is 3.00. The fraction of sp³-hybridized carbons (Fsp3) is 0.300. The summed E-state index contributed by atoms with van der Waals surface area (Å²) in [6.07, 6.45) is 0. The summed E-state index contributed by atoms with van der Waals surface area (Å²) >= 11 is 0. The maximum absolute atomic E-state index is 10.9. The van der Waals surface area contributed by atoms with Gasteiger partial charge in [-0.2, -0.15) is 0 Å². The lowest BCUT2D eigenvalue weighted by atomic mass is 10.1. The molecule has 0 unspecified atom stereocenters. The molecule has 0 aliphatic carbocycles. The van der Waals surface area contributed by atoms with E-state index in [1.165, 1.54) is 19.2 Å². The Kier molecular flexibility index (Phi) is 2.37. The average molecular weight is 210 g/mol. The highest BCUT2D eigenvalue weighted by atomic mass is 16.6. The van der Waals surface area contributed by atoms with Crippen LogP contribution in [0.3, 0.4) is 0 Å². The van der Waals surface area contributed by atoms with Gasteiger partial charge in [0.05, 0.1) is 7.11 Å². The van der Waals surface area contributed by atoms with Crippen LogP contribution in [0.15, 0.2) is 12.1 Å². The summed E-state index contributed by atoms with van der Waals surface area (Å²) in [5, 5.41) is 8.92. The molecule has 15 heavy (non-hydrogen) atoms. The lowest BCUT2D eigenvalue weighted by Gasteiger charge is -2.19. The minimum atomic E-state index is -1.05. The first-order chi connectivity index (χ1) is 7.22. The number of fused-ring (bicyclic) bond motifs is 1. The van der Waals surface area contributed by atoms with Gasteiger partial charge in [-0.05, 0) is 0 Å². The summed E-state index contributed by atoms with van der Waals surface area (Å²) < 4.78 is 15.5. The van der Waals surface area contributed by atoms with Crippen LogP contribution >= 0.6 is 0 Å². The Morgan fingerprint density at radius 1 is 1.33 bits per heavy atom. The quantitative estimate of drug-likeness (QED) is 0.793. The minimum absolute atomic E-state index is 0.0711. The number of aromatic carboxylic acids is 1. The smallest absolute Gasteiger partial charge is 0.339 e. The number of hydrogen-bond donors (Lipinski definition) is 1. The molecule has 0 radical (unpaired) electrons. The largest absolute Gasteiger partial charge is 0.496 e. The number of ether oxygens (including phenoxy) is 3. The van der Waals surface area contributed by atoms with Crippen LogP contribution in [-0.2, 0) is 0 Å². The van der Waals surface area contributed by atoms with Crippen LogP contribution in [0.4, 0.5) is 0 Å². The van der Waals surface area contributed by atoms with E-state index in [1.54, 1.807) is 0 Å². The molecule has 1 aliphatic heterocycles. The molecular weight excluding hydrogens is 200 g/mol. The number of hydrogen-bond acceptors (Lipinski definition) is 4. The highest BCUT2D eigenvalue weighted by Gasteiger charge is 2.19. The maximum atomic E-state index is 10.9. The number of carboxylic acid groups (broad SMARTS) is 1. The van der Waals surface area contributed by atoms with Crippen molar-refractivity contribution in [2.75, 3.05) is 20.3 Å². The number of methoxy groups -OCH3 is 1. The van der Waals surface area contributed by atoms with E-state index in [4.69, 9.17) is 19.3 Å². The predicted octanol–water partition coefficient (Wildman–Crippen LogP) is 1.16. The molecule has 2 rings (SSSR count). The normalized spacial score (nSPS) is 13.4. The zero-order valence-corrected chi connectivity index (χ0v) is 8.15. The van der Waals surface area contributed by atoms with Gasteiger partial charge in [0, 0.05) is 12.1 Å². The van der Waals surface area contributed by atoms with Crippen LogP contribution in [0, 0.1) is 0 Å². The van der Waals surface area contributed by atoms with Gasteiger partial charge in [0.15, 0.2) is 11.5 Å². The van der Waals surface area contributed by atoms with E-state index in [1.807, 2.05) is 0 Å². The van der Waals surface area contributed by atoms with Gasteiger partial charge in [0.1, 0.15) is 24.5 Å². The fourth-order valence-corrected chi connectivity index (χ4v) is 1.41. The van der Waals surface area contributed by atoms with E-state index >= 15 is 0 Å². The minimum Gasteiger partial charge on any atom is -0.496 e. The third kappa shape index (κ3) is 1.68. The summed E-state index contributed by atoms with van der Waals surface area (Å²) in [4.78, 5) is 10.9. The Morgan fingerprint density at radius 2 is 1.93 bits per heavy atom. The Hall–Kier alpha value is -1.91. The molecule has 0 aromatic heterocycles. The van der Waals surface area contributed by atoms with E-state index in [2.05, 4.69) is 0 Å². The Labute approximate surface area is 86.2 Å². The standard InChI is InChI=1S/C10H10O5/c1-13-7-5-9-8(14-2-3-15-9)4-6(7)10(11)12/h4-5H,2-3H2,1H3,(H,11,12). The van der Waals surface area contributed by atoms with Crippen LogP contribution in [0.1, 0.15) is 10.4 Å². The van der Waals surface area contributed by atoms with Gasteiger partial charge in [-0.3, -0.25) is 0 Å². The third-order valence-corrected chi connectivity index (χ3v) is 2.09. The first-order valence-electron chi connectivity index (χ1n) is 4.43. The zero-order valence-electron chi connectivity index (χ0n) is 8.15. The van der Waals surface area contributed by atoms with Gasteiger partial charge in [0.2, 0.25) is 0 Å². The van der Waals surface area contributed by atoms with Crippen molar-refractivity contribution in [3.05, 3.63) is 17.7 Å². The molecule has 1 aromatic carbocycles. The van der Waals surface area contributed by atoms with Crippen LogP contribution < -0.4 is 14.2 Å². The van der Waals surface area contributed by atoms with E-state index in [0.29, 0.717) is 24.7 Å². The SMILES string of the molecule is COc1cc2c(cc1C(=O)O)OCCO2. The molecule has 0 amide bonds. The van der Waals surface area contributed by atoms with Gasteiger partial charge >= 0.3 is 5.97 Å². The number of benzene rings is 1. The molecule has 1 heterocycles. The summed E-state index contributed by atoms with van der Waals surface area (Å²) in [5.41, 5.74) is 0.0711. The van der Waals surface area contributed by atoms with E-state index in [0.717, 1.165) is 0 Å². The highest BCUT2D eigenvalue weighted by molar-refractivity contribution is 5.92. The van der Waals surface area contributed by atoms with E-state index < -0.39 is 5.97 Å². The summed E-state index contributed by atoms with van der Waals surface area (Å²) in [5.74, 6) is 0.179. The van der Waals surface area contributed by atoms with Gasteiger partial charge in [-0.1, -0.05) is 0 Å². The summed E-state index contributed by atoms with van der Waals surface area (Å²) in [6, 6.07) is 2.94. The van der Waals surface area contributed by atoms with Crippen LogP contribution in [0.2, 0.25) is 0 Å². The maximum Gasteiger partial charge on any atom is 0.339 e. The third-order valence-electron chi connectivity index (χ3n) is 2.09. The molecule has 1 aromatic rings. The van der Waals surface area contributed by atoms with Crippen molar-refractivity contribution >= 4 is 5.97 Å². The molecule has 0 spiro atoms. The van der Waals surface area contributed by atoms with Crippen molar-refractivity contribution in [1.29, 1.82) is 0 Å². The zero-order chi connectivity index (χ0) is 10.8. The van der Waals surface area contributed by atoms with Crippen molar-refractivity contribution in [3.63, 3.8) is 0 Å². The first-order valence-corrected chi connectivity index (χ1v) is 4.43. The molecule has 1 N–H and O–H groups in total. The molecule has 0 bridgehead atoms. The second kappa shape index (κ2) is 3.68. The number of rotatable bonds is 2. The number of carbonyl (C=O) groups is 1. The van der Waals surface area contributed by atoms with Crippen LogP contribution in [-0.4, -0.2) is 31.4 Å². The van der Waals surface area contributed by atoms with Crippen molar-refractivity contribution in [1.82, 2.24) is 0 Å². The molecule has 5 heteroatoms. The number of carboxylic acids is 1. The lowest BCUT2D eigenvalue weighted by Crippen LogP contribution is -2.16.